The second kappa shape index (κ2) is 7.47. The number of rotatable bonds is 5. The molecule has 26 heavy (non-hydrogen) atoms. The molecule has 1 aliphatic heterocycles. The van der Waals surface area contributed by atoms with Gasteiger partial charge in [0.15, 0.2) is 0 Å². The quantitative estimate of drug-likeness (QED) is 0.645. The summed E-state index contributed by atoms with van der Waals surface area (Å²) in [7, 11) is 1.62. The third kappa shape index (κ3) is 3.32. The summed E-state index contributed by atoms with van der Waals surface area (Å²) < 4.78 is 5.44. The standard InChI is InChI=1S/C19H22N4O2S/c1-25-14-7-6-13(19(24)21-11-12-4-2-8-20-10-12)16-17(14)23-18(22-16)15-5-3-9-26-15/h3,5-7,9,12,20H,2,4,8,10-11H2,1H3,(H,21,24)(H,22,23). The Kier molecular flexibility index (Phi) is 4.90. The van der Waals surface area contributed by atoms with Crippen LogP contribution in [0.4, 0.5) is 0 Å². The normalized spacial score (nSPS) is 17.3. The summed E-state index contributed by atoms with van der Waals surface area (Å²) in [5, 5.41) is 8.45. The average molecular weight is 370 g/mol. The lowest BCUT2D eigenvalue weighted by molar-refractivity contribution is 0.0946. The van der Waals surface area contributed by atoms with E-state index in [1.54, 1.807) is 24.5 Å². The molecule has 1 amide bonds. The average Bonchev–Trinajstić information content (AvgIpc) is 3.35. The van der Waals surface area contributed by atoms with Crippen LogP contribution in [0.15, 0.2) is 29.6 Å². The summed E-state index contributed by atoms with van der Waals surface area (Å²) in [6.45, 7) is 2.72. The van der Waals surface area contributed by atoms with Crippen LogP contribution in [0, 0.1) is 5.92 Å². The SMILES string of the molecule is COc1ccc(C(=O)NCC2CCCNC2)c2nc(-c3cccs3)[nH]c12. The summed E-state index contributed by atoms with van der Waals surface area (Å²) in [5.74, 6) is 1.84. The number of nitrogens with one attached hydrogen (secondary N) is 3. The van der Waals surface area contributed by atoms with Crippen LogP contribution < -0.4 is 15.4 Å². The lowest BCUT2D eigenvalue weighted by Gasteiger charge is -2.22. The number of hydrogen-bond donors (Lipinski definition) is 3. The van der Waals surface area contributed by atoms with Crippen LogP contribution in [0.2, 0.25) is 0 Å². The summed E-state index contributed by atoms with van der Waals surface area (Å²) >= 11 is 1.61. The number of thiophene rings is 1. The van der Waals surface area contributed by atoms with Gasteiger partial charge in [-0.2, -0.15) is 0 Å². The number of H-pyrrole nitrogens is 1. The zero-order chi connectivity index (χ0) is 17.9. The molecule has 2 aromatic heterocycles. The predicted molar refractivity (Wildman–Crippen MR) is 104 cm³/mol. The molecule has 0 saturated carbocycles. The van der Waals surface area contributed by atoms with Crippen molar-refractivity contribution in [3.8, 4) is 16.5 Å². The van der Waals surface area contributed by atoms with Gasteiger partial charge in [0.05, 0.1) is 17.6 Å². The lowest BCUT2D eigenvalue weighted by Crippen LogP contribution is -2.38. The monoisotopic (exact) mass is 370 g/mol. The lowest BCUT2D eigenvalue weighted by atomic mass is 9.99. The highest BCUT2D eigenvalue weighted by atomic mass is 32.1. The number of benzene rings is 1. The van der Waals surface area contributed by atoms with E-state index in [1.807, 2.05) is 23.6 Å². The Balaban J connectivity index is 1.62. The number of aromatic nitrogens is 2. The van der Waals surface area contributed by atoms with Gasteiger partial charge in [-0.1, -0.05) is 6.07 Å². The van der Waals surface area contributed by atoms with Gasteiger partial charge in [-0.25, -0.2) is 4.98 Å². The summed E-state index contributed by atoms with van der Waals surface area (Å²) in [5.41, 5.74) is 1.97. The number of amides is 1. The van der Waals surface area contributed by atoms with E-state index < -0.39 is 0 Å². The van der Waals surface area contributed by atoms with Gasteiger partial charge in [-0.05, 0) is 55.4 Å². The fraction of sp³-hybridized carbons (Fsp3) is 0.368. The molecule has 3 N–H and O–H groups in total. The van der Waals surface area contributed by atoms with Gasteiger partial charge in [-0.3, -0.25) is 4.79 Å². The van der Waals surface area contributed by atoms with Crippen molar-refractivity contribution in [3.05, 3.63) is 35.2 Å². The third-order valence-electron chi connectivity index (χ3n) is 4.78. The minimum absolute atomic E-state index is 0.0903. The van der Waals surface area contributed by atoms with E-state index in [9.17, 15) is 4.79 Å². The third-order valence-corrected chi connectivity index (χ3v) is 5.65. The Hall–Kier alpha value is -2.38. The molecule has 4 rings (SSSR count). The Morgan fingerprint density at radius 2 is 2.35 bits per heavy atom. The van der Waals surface area contributed by atoms with Gasteiger partial charge in [0, 0.05) is 6.54 Å². The molecule has 0 radical (unpaired) electrons. The number of carbonyl (C=O) groups is 1. The van der Waals surface area contributed by atoms with Crippen molar-refractivity contribution in [2.75, 3.05) is 26.7 Å². The van der Waals surface area contributed by atoms with E-state index in [1.165, 1.54) is 0 Å². The maximum Gasteiger partial charge on any atom is 0.253 e. The van der Waals surface area contributed by atoms with Gasteiger partial charge < -0.3 is 20.4 Å². The van der Waals surface area contributed by atoms with Gasteiger partial charge >= 0.3 is 0 Å². The first-order valence-electron chi connectivity index (χ1n) is 8.85. The van der Waals surface area contributed by atoms with Crippen LogP contribution in [0.1, 0.15) is 23.2 Å². The second-order valence-corrected chi connectivity index (χ2v) is 7.47. The number of fused-ring (bicyclic) bond motifs is 1. The van der Waals surface area contributed by atoms with E-state index in [2.05, 4.69) is 20.6 Å². The Morgan fingerprint density at radius 1 is 1.42 bits per heavy atom. The molecule has 3 aromatic rings. The molecule has 1 aliphatic rings. The molecular formula is C19H22N4O2S. The first-order chi connectivity index (χ1) is 12.8. The number of ether oxygens (including phenoxy) is 1. The van der Waals surface area contributed by atoms with E-state index >= 15 is 0 Å². The molecule has 1 fully saturated rings. The molecule has 1 atom stereocenters. The maximum atomic E-state index is 12.8. The molecule has 1 unspecified atom stereocenters. The number of imidazole rings is 1. The molecule has 7 heteroatoms. The highest BCUT2D eigenvalue weighted by molar-refractivity contribution is 7.13. The van der Waals surface area contributed by atoms with Crippen molar-refractivity contribution in [2.45, 2.75) is 12.8 Å². The second-order valence-electron chi connectivity index (χ2n) is 6.52. The number of hydrogen-bond acceptors (Lipinski definition) is 5. The van der Waals surface area contributed by atoms with Crippen LogP contribution in [0.5, 0.6) is 5.75 Å². The fourth-order valence-electron chi connectivity index (χ4n) is 3.38. The Labute approximate surface area is 156 Å². The molecule has 1 saturated heterocycles. The van der Waals surface area contributed by atoms with E-state index in [4.69, 9.17) is 4.74 Å². The largest absolute Gasteiger partial charge is 0.494 e. The summed E-state index contributed by atoms with van der Waals surface area (Å²) in [6.07, 6.45) is 2.31. The van der Waals surface area contributed by atoms with Crippen LogP contribution in [-0.2, 0) is 0 Å². The van der Waals surface area contributed by atoms with E-state index in [-0.39, 0.29) is 5.91 Å². The first-order valence-corrected chi connectivity index (χ1v) is 9.73. The smallest absolute Gasteiger partial charge is 0.253 e. The van der Waals surface area contributed by atoms with Crippen molar-refractivity contribution >= 4 is 28.3 Å². The summed E-state index contributed by atoms with van der Waals surface area (Å²) in [6, 6.07) is 7.59. The van der Waals surface area contributed by atoms with Gasteiger partial charge in [0.2, 0.25) is 0 Å². The van der Waals surface area contributed by atoms with E-state index in [0.29, 0.717) is 29.3 Å². The number of aromatic amines is 1. The minimum Gasteiger partial charge on any atom is -0.494 e. The van der Waals surface area contributed by atoms with Crippen LogP contribution in [0.25, 0.3) is 21.7 Å². The number of methoxy groups -OCH3 is 1. The first kappa shape index (κ1) is 17.1. The van der Waals surface area contributed by atoms with Crippen molar-refractivity contribution in [1.29, 1.82) is 0 Å². The molecule has 1 aromatic carbocycles. The van der Waals surface area contributed by atoms with Crippen LogP contribution in [-0.4, -0.2) is 42.6 Å². The van der Waals surface area contributed by atoms with Gasteiger partial charge in [-0.15, -0.1) is 11.3 Å². The number of carbonyl (C=O) groups excluding carboxylic acids is 1. The molecule has 0 aliphatic carbocycles. The Bertz CT molecular complexity index is 898. The minimum atomic E-state index is -0.0903. The van der Waals surface area contributed by atoms with Crippen LogP contribution in [0.3, 0.4) is 0 Å². The molecule has 0 spiro atoms. The zero-order valence-corrected chi connectivity index (χ0v) is 15.5. The molecule has 6 nitrogen and oxygen atoms in total. The van der Waals surface area contributed by atoms with Crippen LogP contribution >= 0.6 is 11.3 Å². The fourth-order valence-corrected chi connectivity index (χ4v) is 4.05. The zero-order valence-electron chi connectivity index (χ0n) is 14.7. The maximum absolute atomic E-state index is 12.8. The Morgan fingerprint density at radius 3 is 3.08 bits per heavy atom. The summed E-state index contributed by atoms with van der Waals surface area (Å²) in [4.78, 5) is 21.8. The molecule has 136 valence electrons. The highest BCUT2D eigenvalue weighted by Crippen LogP contribution is 2.31. The molecular weight excluding hydrogens is 348 g/mol. The topological polar surface area (TPSA) is 79.0 Å². The van der Waals surface area contributed by atoms with Gasteiger partial charge in [0.25, 0.3) is 5.91 Å². The predicted octanol–water partition coefficient (Wildman–Crippen LogP) is 3.03. The molecule has 3 heterocycles. The van der Waals surface area contributed by atoms with Crippen molar-refractivity contribution in [2.24, 2.45) is 5.92 Å². The van der Waals surface area contributed by atoms with Crippen molar-refractivity contribution in [3.63, 3.8) is 0 Å². The number of nitrogens with zero attached hydrogens (tertiary/aromatic N) is 1. The van der Waals surface area contributed by atoms with Crippen molar-refractivity contribution < 1.29 is 9.53 Å². The molecule has 0 bridgehead atoms. The van der Waals surface area contributed by atoms with E-state index in [0.717, 1.165) is 42.1 Å². The number of piperidine rings is 1. The van der Waals surface area contributed by atoms with Gasteiger partial charge in [0.1, 0.15) is 22.6 Å². The van der Waals surface area contributed by atoms with Crippen molar-refractivity contribution in [1.82, 2.24) is 20.6 Å². The highest BCUT2D eigenvalue weighted by Gasteiger charge is 2.20.